The Balaban J connectivity index is 1.43. The van der Waals surface area contributed by atoms with E-state index in [1.165, 1.54) is 18.2 Å². The van der Waals surface area contributed by atoms with Crippen molar-refractivity contribution in [3.05, 3.63) is 34.8 Å². The van der Waals surface area contributed by atoms with Crippen LogP contribution >= 0.6 is 23.2 Å². The minimum absolute atomic E-state index is 0.0308. The van der Waals surface area contributed by atoms with Gasteiger partial charge in [0.25, 0.3) is 0 Å². The van der Waals surface area contributed by atoms with Crippen molar-refractivity contribution in [3.8, 4) is 5.75 Å². The van der Waals surface area contributed by atoms with Crippen molar-refractivity contribution in [1.82, 2.24) is 14.7 Å². The van der Waals surface area contributed by atoms with Crippen molar-refractivity contribution >= 4 is 40.7 Å². The fourth-order valence-electron chi connectivity index (χ4n) is 3.29. The van der Waals surface area contributed by atoms with E-state index in [0.29, 0.717) is 29.8 Å². The predicted octanol–water partition coefficient (Wildman–Crippen LogP) is 1.65. The average Bonchev–Trinajstić information content (AvgIpc) is 2.62. The molecule has 2 N–H and O–H groups in total. The summed E-state index contributed by atoms with van der Waals surface area (Å²) in [4.78, 5) is 29.8. The van der Waals surface area contributed by atoms with Crippen LogP contribution in [0.25, 0.3) is 0 Å². The first-order chi connectivity index (χ1) is 12.9. The van der Waals surface area contributed by atoms with Crippen LogP contribution < -0.4 is 5.32 Å². The number of carbonyl (C=O) groups is 2. The van der Waals surface area contributed by atoms with Gasteiger partial charge in [-0.3, -0.25) is 14.5 Å². The molecule has 0 aromatic heterocycles. The number of benzene rings is 1. The average molecular weight is 413 g/mol. The number of carbonyl (C=O) groups excluding carboxylic acids is 2. The first-order valence-electron chi connectivity index (χ1n) is 8.74. The molecule has 0 bridgehead atoms. The lowest BCUT2D eigenvalue weighted by atomic mass is 10.1. The maximum absolute atomic E-state index is 12.4. The molecule has 2 fully saturated rings. The number of amides is 2. The molecule has 3 rings (SSSR count). The van der Waals surface area contributed by atoms with Gasteiger partial charge in [0, 0.05) is 51.4 Å². The van der Waals surface area contributed by atoms with E-state index in [1.54, 1.807) is 9.80 Å². The van der Waals surface area contributed by atoms with Gasteiger partial charge in [-0.05, 0) is 12.1 Å². The first-order valence-corrected chi connectivity index (χ1v) is 9.49. The van der Waals surface area contributed by atoms with E-state index >= 15 is 0 Å². The normalized spacial score (nSPS) is 18.1. The molecule has 2 heterocycles. The maximum Gasteiger partial charge on any atom is 0.246 e. The number of likely N-dealkylation sites (tertiary alicyclic amines) is 1. The lowest BCUT2D eigenvalue weighted by molar-refractivity contribution is -0.135. The summed E-state index contributed by atoms with van der Waals surface area (Å²) in [5.74, 6) is -0.125. The largest absolute Gasteiger partial charge is 0.506 e. The van der Waals surface area contributed by atoms with Gasteiger partial charge in [-0.1, -0.05) is 29.8 Å². The van der Waals surface area contributed by atoms with Crippen molar-refractivity contribution in [2.24, 2.45) is 0 Å². The summed E-state index contributed by atoms with van der Waals surface area (Å²) < 4.78 is 0. The molecular formula is C18H22Cl2N4O3. The summed E-state index contributed by atoms with van der Waals surface area (Å²) >= 11 is 11.8. The van der Waals surface area contributed by atoms with E-state index in [4.69, 9.17) is 23.2 Å². The molecule has 1 aromatic rings. The third-order valence-corrected chi connectivity index (χ3v) is 5.72. The second-order valence-electron chi connectivity index (χ2n) is 6.65. The molecule has 0 radical (unpaired) electrons. The molecule has 0 unspecified atom stereocenters. The number of halogens is 2. The summed E-state index contributed by atoms with van der Waals surface area (Å²) in [5.41, 5.74) is 0.373. The number of phenolic OH excluding ortho intramolecular Hbond substituents is 1. The number of nitrogens with one attached hydrogen (secondary N) is 1. The van der Waals surface area contributed by atoms with Gasteiger partial charge in [-0.15, -0.1) is 0 Å². The molecule has 7 nitrogen and oxygen atoms in total. The Morgan fingerprint density at radius 3 is 2.41 bits per heavy atom. The van der Waals surface area contributed by atoms with Crippen LogP contribution in [0.15, 0.2) is 24.8 Å². The second kappa shape index (κ2) is 8.37. The SMILES string of the molecule is C=CC(=O)N1CC(N2CCN(C(=O)CNc3cc(Cl)c(Cl)cc3O)CC2)C1. The zero-order valence-corrected chi connectivity index (χ0v) is 16.3. The Hall–Kier alpha value is -1.96. The van der Waals surface area contributed by atoms with Crippen LogP contribution in [0.4, 0.5) is 5.69 Å². The summed E-state index contributed by atoms with van der Waals surface area (Å²) in [6, 6.07) is 3.20. The maximum atomic E-state index is 12.4. The van der Waals surface area contributed by atoms with E-state index in [9.17, 15) is 14.7 Å². The lowest BCUT2D eigenvalue weighted by Gasteiger charge is -2.47. The Morgan fingerprint density at radius 2 is 1.78 bits per heavy atom. The molecule has 0 saturated carbocycles. The van der Waals surface area contributed by atoms with E-state index in [1.807, 2.05) is 0 Å². The number of hydrogen-bond donors (Lipinski definition) is 2. The van der Waals surface area contributed by atoms with Crippen LogP contribution in [-0.2, 0) is 9.59 Å². The van der Waals surface area contributed by atoms with Crippen molar-refractivity contribution in [2.45, 2.75) is 6.04 Å². The van der Waals surface area contributed by atoms with Crippen LogP contribution in [0.5, 0.6) is 5.75 Å². The molecular weight excluding hydrogens is 391 g/mol. The number of piperazine rings is 1. The van der Waals surface area contributed by atoms with E-state index < -0.39 is 0 Å². The minimum Gasteiger partial charge on any atom is -0.506 e. The first kappa shape index (κ1) is 19.8. The fraction of sp³-hybridized carbons (Fsp3) is 0.444. The Kier molecular flexibility index (Phi) is 6.14. The van der Waals surface area contributed by atoms with Gasteiger partial charge in [-0.25, -0.2) is 0 Å². The van der Waals surface area contributed by atoms with Crippen LogP contribution in [0.1, 0.15) is 0 Å². The van der Waals surface area contributed by atoms with Crippen LogP contribution in [0, 0.1) is 0 Å². The van der Waals surface area contributed by atoms with Gasteiger partial charge < -0.3 is 20.2 Å². The predicted molar refractivity (Wildman–Crippen MR) is 105 cm³/mol. The highest BCUT2D eigenvalue weighted by atomic mass is 35.5. The highest BCUT2D eigenvalue weighted by Crippen LogP contribution is 2.33. The number of aromatic hydroxyl groups is 1. The summed E-state index contributed by atoms with van der Waals surface area (Å²) in [5, 5.41) is 13.3. The van der Waals surface area contributed by atoms with E-state index in [-0.39, 0.29) is 29.1 Å². The molecule has 0 atom stereocenters. The number of nitrogens with zero attached hydrogens (tertiary/aromatic N) is 3. The van der Waals surface area contributed by atoms with Gasteiger partial charge in [-0.2, -0.15) is 0 Å². The fourth-order valence-corrected chi connectivity index (χ4v) is 3.61. The molecule has 1 aromatic carbocycles. The summed E-state index contributed by atoms with van der Waals surface area (Å²) in [6.45, 7) is 7.85. The van der Waals surface area contributed by atoms with Crippen LogP contribution in [-0.4, -0.2) is 83.5 Å². The Labute approximate surface area is 168 Å². The zero-order chi connectivity index (χ0) is 19.6. The van der Waals surface area contributed by atoms with Crippen molar-refractivity contribution in [1.29, 1.82) is 0 Å². The third kappa shape index (κ3) is 4.48. The van der Waals surface area contributed by atoms with Crippen molar-refractivity contribution < 1.29 is 14.7 Å². The number of hydrogen-bond acceptors (Lipinski definition) is 5. The minimum atomic E-state index is -0.0503. The summed E-state index contributed by atoms with van der Waals surface area (Å²) in [6.07, 6.45) is 1.34. The molecule has 0 spiro atoms. The molecule has 146 valence electrons. The highest BCUT2D eigenvalue weighted by Gasteiger charge is 2.35. The number of anilines is 1. The van der Waals surface area contributed by atoms with Gasteiger partial charge in [0.15, 0.2) is 0 Å². The van der Waals surface area contributed by atoms with Gasteiger partial charge in [0.05, 0.1) is 22.3 Å². The van der Waals surface area contributed by atoms with Crippen LogP contribution in [0.2, 0.25) is 10.0 Å². The van der Waals surface area contributed by atoms with E-state index in [0.717, 1.165) is 26.2 Å². The molecule has 9 heteroatoms. The molecule has 0 aliphatic carbocycles. The Bertz CT molecular complexity index is 744. The van der Waals surface area contributed by atoms with Gasteiger partial charge in [0.2, 0.25) is 11.8 Å². The molecule has 27 heavy (non-hydrogen) atoms. The van der Waals surface area contributed by atoms with Gasteiger partial charge in [0.1, 0.15) is 5.75 Å². The van der Waals surface area contributed by atoms with Gasteiger partial charge >= 0.3 is 0 Å². The monoisotopic (exact) mass is 412 g/mol. The second-order valence-corrected chi connectivity index (χ2v) is 7.47. The molecule has 2 aliphatic heterocycles. The number of phenols is 1. The highest BCUT2D eigenvalue weighted by molar-refractivity contribution is 6.42. The topological polar surface area (TPSA) is 76.1 Å². The van der Waals surface area contributed by atoms with Crippen molar-refractivity contribution in [3.63, 3.8) is 0 Å². The lowest BCUT2D eigenvalue weighted by Crippen LogP contribution is -2.64. The zero-order valence-electron chi connectivity index (χ0n) is 14.8. The van der Waals surface area contributed by atoms with E-state index in [2.05, 4.69) is 16.8 Å². The smallest absolute Gasteiger partial charge is 0.246 e. The third-order valence-electron chi connectivity index (χ3n) is 5.00. The van der Waals surface area contributed by atoms with Crippen LogP contribution in [0.3, 0.4) is 0 Å². The molecule has 2 saturated heterocycles. The molecule has 2 aliphatic rings. The quantitative estimate of drug-likeness (QED) is 0.567. The Morgan fingerprint density at radius 1 is 1.15 bits per heavy atom. The van der Waals surface area contributed by atoms with Crippen molar-refractivity contribution in [2.75, 3.05) is 51.1 Å². The molecule has 2 amide bonds. The number of rotatable bonds is 5. The standard InChI is InChI=1S/C18H22Cl2N4O3/c1-2-17(26)24-10-12(11-24)22-3-5-23(6-4-22)18(27)9-21-15-7-13(19)14(20)8-16(15)25/h2,7-8,12,21,25H,1,3-6,9-11H2. The summed E-state index contributed by atoms with van der Waals surface area (Å²) in [7, 11) is 0.